The lowest BCUT2D eigenvalue weighted by molar-refractivity contribution is -0.139. The second-order valence-electron chi connectivity index (χ2n) is 14.1. The van der Waals surface area contributed by atoms with Crippen LogP contribution >= 0.6 is 46.4 Å². The summed E-state index contributed by atoms with van der Waals surface area (Å²) in [5.41, 5.74) is 2.00. The molecule has 282 valence electrons. The fourth-order valence-corrected chi connectivity index (χ4v) is 9.65. The van der Waals surface area contributed by atoms with E-state index in [0.29, 0.717) is 49.7 Å². The van der Waals surface area contributed by atoms with Gasteiger partial charge in [-0.15, -0.1) is 0 Å². The number of rotatable bonds is 5. The van der Waals surface area contributed by atoms with E-state index in [9.17, 15) is 32.7 Å². The lowest BCUT2D eigenvalue weighted by Gasteiger charge is -2.50. The summed E-state index contributed by atoms with van der Waals surface area (Å²) in [4.78, 5) is 63.6. The summed E-state index contributed by atoms with van der Waals surface area (Å²) in [7, 11) is 0. The van der Waals surface area contributed by atoms with E-state index in [2.05, 4.69) is 10.4 Å². The number of phenols is 1. The third-order valence-corrected chi connectivity index (χ3v) is 12.5. The Labute approximate surface area is 331 Å². The molecular weight excluding hydrogens is 803 g/mol. The summed E-state index contributed by atoms with van der Waals surface area (Å²) in [5, 5.41) is 11.3. The van der Waals surface area contributed by atoms with Crippen molar-refractivity contribution in [2.45, 2.75) is 37.3 Å². The van der Waals surface area contributed by atoms with Crippen molar-refractivity contribution >= 4 is 81.5 Å². The summed E-state index contributed by atoms with van der Waals surface area (Å²) >= 11 is 25.8. The second-order valence-corrected chi connectivity index (χ2v) is 15.7. The molecule has 8 rings (SSSR count). The number of allylic oxidation sites excluding steroid dienone is 2. The minimum Gasteiger partial charge on any atom is -0.508 e. The molecule has 3 aromatic carbocycles. The van der Waals surface area contributed by atoms with Crippen molar-refractivity contribution < 1.29 is 37.5 Å². The summed E-state index contributed by atoms with van der Waals surface area (Å²) < 4.78 is 40.4. The zero-order valence-corrected chi connectivity index (χ0v) is 31.4. The van der Waals surface area contributed by atoms with Crippen molar-refractivity contribution in [2.75, 3.05) is 10.3 Å². The number of benzene rings is 3. The van der Waals surface area contributed by atoms with Gasteiger partial charge in [0.1, 0.15) is 5.75 Å². The first-order chi connectivity index (χ1) is 26.0. The summed E-state index contributed by atoms with van der Waals surface area (Å²) in [6.45, 7) is 1.79. The number of pyridine rings is 1. The number of amides is 4. The summed E-state index contributed by atoms with van der Waals surface area (Å²) in [5.74, 6) is -7.85. The Morgan fingerprint density at radius 2 is 1.58 bits per heavy atom. The SMILES string of the molecule is Cc1ccc(N2C(=O)[C@H]3[C@H](CC=C4[C@H]3C[C@H]3C(=O)N(Nc5ncc(C(F)(F)F)cc5Cl)C(=O)[C@@]3(c3ccc(Cl)cc3)[C@H]4c3ccc(O)cc3Cl)C2=O)cc1Cl. The van der Waals surface area contributed by atoms with Gasteiger partial charge >= 0.3 is 6.18 Å². The van der Waals surface area contributed by atoms with Crippen molar-refractivity contribution in [1.29, 1.82) is 0 Å². The smallest absolute Gasteiger partial charge is 0.417 e. The van der Waals surface area contributed by atoms with E-state index >= 15 is 4.79 Å². The third kappa shape index (κ3) is 5.71. The van der Waals surface area contributed by atoms with E-state index < -0.39 is 75.4 Å². The fourth-order valence-electron chi connectivity index (χ4n) is 8.85. The van der Waals surface area contributed by atoms with Gasteiger partial charge in [0.15, 0.2) is 5.82 Å². The molecule has 3 fully saturated rings. The largest absolute Gasteiger partial charge is 0.508 e. The highest BCUT2D eigenvalue weighted by molar-refractivity contribution is 6.33. The van der Waals surface area contributed by atoms with Gasteiger partial charge in [-0.1, -0.05) is 82.3 Å². The first kappa shape index (κ1) is 37.3. The van der Waals surface area contributed by atoms with Gasteiger partial charge in [-0.05, 0) is 84.8 Å². The number of alkyl halides is 3. The van der Waals surface area contributed by atoms with Crippen LogP contribution in [0.15, 0.2) is 84.6 Å². The normalized spacial score (nSPS) is 26.2. The summed E-state index contributed by atoms with van der Waals surface area (Å²) in [6.07, 6.45) is -2.37. The van der Waals surface area contributed by atoms with Crippen LogP contribution in [0.1, 0.15) is 41.0 Å². The van der Waals surface area contributed by atoms with Crippen molar-refractivity contribution in [3.63, 3.8) is 0 Å². The number of fused-ring (bicyclic) bond motifs is 4. The Bertz CT molecular complexity index is 2370. The number of aromatic hydroxyl groups is 1. The molecule has 0 bridgehead atoms. The highest BCUT2D eigenvalue weighted by Gasteiger charge is 2.70. The standard InChI is InChI=1S/C39H27Cl4F3N4O5/c1-17-2-7-21(13-28(17)41)49-34(52)25-11-10-23-26(31(25)36(49)54)15-27-35(53)50(48-33-30(43)12-19(16-47-33)39(44,45)46)37(55)38(27,18-3-5-20(40)6-4-18)32(23)24-9-8-22(51)14-29(24)42/h2-10,12-14,16,25-27,31-32,51H,11,15H2,1H3,(H,47,48)/t25-,26+,27-,31-,32+,38+/m0/s1. The molecule has 4 amide bonds. The molecule has 0 spiro atoms. The number of halogens is 7. The summed E-state index contributed by atoms with van der Waals surface area (Å²) in [6, 6.07) is 16.1. The highest BCUT2D eigenvalue weighted by Crippen LogP contribution is 2.65. The van der Waals surface area contributed by atoms with Gasteiger partial charge in [0, 0.05) is 27.2 Å². The molecule has 9 nitrogen and oxygen atoms in total. The molecule has 55 heavy (non-hydrogen) atoms. The number of anilines is 2. The molecule has 2 N–H and O–H groups in total. The minimum atomic E-state index is -4.76. The number of hydrazine groups is 1. The van der Waals surface area contributed by atoms with Crippen molar-refractivity contribution in [1.82, 2.24) is 9.99 Å². The molecule has 1 aromatic heterocycles. The number of aryl methyl sites for hydroxylation is 1. The predicted molar refractivity (Wildman–Crippen MR) is 199 cm³/mol. The van der Waals surface area contributed by atoms with Gasteiger partial charge in [0.25, 0.3) is 11.8 Å². The molecule has 2 aliphatic carbocycles. The number of hydrogen-bond donors (Lipinski definition) is 2. The van der Waals surface area contributed by atoms with Crippen LogP contribution in [0.5, 0.6) is 5.75 Å². The van der Waals surface area contributed by atoms with Crippen LogP contribution in [0.4, 0.5) is 24.7 Å². The van der Waals surface area contributed by atoms with Gasteiger partial charge in [-0.2, -0.15) is 18.2 Å². The van der Waals surface area contributed by atoms with Gasteiger partial charge in [0.2, 0.25) is 11.8 Å². The Morgan fingerprint density at radius 1 is 0.855 bits per heavy atom. The molecule has 6 atom stereocenters. The second kappa shape index (κ2) is 13.3. The Kier molecular flexibility index (Phi) is 8.99. The zero-order chi connectivity index (χ0) is 39.3. The maximum absolute atomic E-state index is 15.3. The minimum absolute atomic E-state index is 0.0598. The fraction of sp³-hybridized carbons (Fsp3) is 0.256. The van der Waals surface area contributed by atoms with Crippen molar-refractivity contribution in [2.24, 2.45) is 23.7 Å². The average Bonchev–Trinajstić information content (AvgIpc) is 3.51. The third-order valence-electron chi connectivity index (χ3n) is 11.3. The van der Waals surface area contributed by atoms with E-state index in [1.54, 1.807) is 49.4 Å². The molecule has 4 aliphatic rings. The number of imide groups is 2. The molecule has 0 radical (unpaired) electrons. The van der Waals surface area contributed by atoms with Crippen molar-refractivity contribution in [3.8, 4) is 5.75 Å². The molecule has 2 saturated heterocycles. The lowest BCUT2D eigenvalue weighted by atomic mass is 9.49. The van der Waals surface area contributed by atoms with Gasteiger partial charge in [-0.25, -0.2) is 9.88 Å². The molecular formula is C39H27Cl4F3N4O5. The van der Waals surface area contributed by atoms with E-state index in [1.165, 1.54) is 18.2 Å². The van der Waals surface area contributed by atoms with Crippen LogP contribution < -0.4 is 10.3 Å². The van der Waals surface area contributed by atoms with Crippen LogP contribution in [-0.4, -0.2) is 38.7 Å². The molecule has 1 saturated carbocycles. The van der Waals surface area contributed by atoms with Gasteiger partial charge in [-0.3, -0.25) is 24.6 Å². The maximum Gasteiger partial charge on any atom is 0.417 e. The van der Waals surface area contributed by atoms with E-state index in [-0.39, 0.29) is 29.4 Å². The number of hydrogen-bond acceptors (Lipinski definition) is 7. The van der Waals surface area contributed by atoms with Gasteiger partial charge < -0.3 is 5.11 Å². The molecule has 16 heteroatoms. The zero-order valence-electron chi connectivity index (χ0n) is 28.4. The maximum atomic E-state index is 15.3. The van der Waals surface area contributed by atoms with E-state index in [1.807, 2.05) is 6.08 Å². The number of aromatic nitrogens is 1. The molecule has 0 unspecified atom stereocenters. The lowest BCUT2D eigenvalue weighted by Crippen LogP contribution is -2.53. The first-order valence-electron chi connectivity index (χ1n) is 17.0. The Balaban J connectivity index is 1.31. The topological polar surface area (TPSA) is 120 Å². The number of carbonyl (C=O) groups is 4. The molecule has 4 aromatic rings. The number of carbonyl (C=O) groups excluding carboxylic acids is 4. The highest BCUT2D eigenvalue weighted by atomic mass is 35.5. The van der Waals surface area contributed by atoms with Crippen LogP contribution in [0, 0.1) is 30.6 Å². The Hall–Kier alpha value is -4.62. The molecule has 3 heterocycles. The van der Waals surface area contributed by atoms with Crippen LogP contribution in [0.2, 0.25) is 20.1 Å². The number of phenolic OH excluding ortho intramolecular Hbond substituents is 1. The predicted octanol–water partition coefficient (Wildman–Crippen LogP) is 8.92. The number of nitrogens with zero attached hydrogens (tertiary/aromatic N) is 3. The van der Waals surface area contributed by atoms with Gasteiger partial charge in [0.05, 0.1) is 39.4 Å². The monoisotopic (exact) mass is 828 g/mol. The quantitative estimate of drug-likeness (QED) is 0.152. The van der Waals surface area contributed by atoms with Crippen LogP contribution in [0.3, 0.4) is 0 Å². The van der Waals surface area contributed by atoms with Crippen molar-refractivity contribution in [3.05, 3.63) is 127 Å². The average molecular weight is 830 g/mol. The van der Waals surface area contributed by atoms with E-state index in [4.69, 9.17) is 46.4 Å². The van der Waals surface area contributed by atoms with Crippen LogP contribution in [0.25, 0.3) is 0 Å². The van der Waals surface area contributed by atoms with Crippen LogP contribution in [-0.2, 0) is 30.8 Å². The number of nitrogens with one attached hydrogen (secondary N) is 1. The molecule has 2 aliphatic heterocycles. The first-order valence-corrected chi connectivity index (χ1v) is 18.5. The Morgan fingerprint density at radius 3 is 2.24 bits per heavy atom. The van der Waals surface area contributed by atoms with E-state index in [0.717, 1.165) is 10.5 Å².